The first-order chi connectivity index (χ1) is 13.4. The summed E-state index contributed by atoms with van der Waals surface area (Å²) in [5, 5.41) is 19.7. The van der Waals surface area contributed by atoms with Crippen molar-refractivity contribution in [3.8, 4) is 11.4 Å². The molecule has 28 heavy (non-hydrogen) atoms. The third-order valence-corrected chi connectivity index (χ3v) is 5.86. The minimum Gasteiger partial charge on any atom is -0.490 e. The number of aliphatic hydroxyl groups is 1. The molecule has 0 saturated heterocycles. The maximum absolute atomic E-state index is 10.4. The zero-order valence-electron chi connectivity index (χ0n) is 17.1. The standard InChI is InChI=1S/C22H27N3O2S/c1-14-6-10-19(11-7-14)25-18(5)23-24-22(25)28-13-20(26)12-27-21-16(3)9-8-15(2)17(21)4/h6-11,20,26H,12-13H2,1-5H3/t20-/m0/s1. The maximum Gasteiger partial charge on any atom is 0.195 e. The Hall–Kier alpha value is -2.31. The summed E-state index contributed by atoms with van der Waals surface area (Å²) in [5.41, 5.74) is 5.61. The molecule has 0 unspecified atom stereocenters. The van der Waals surface area contributed by atoms with Gasteiger partial charge >= 0.3 is 0 Å². The maximum atomic E-state index is 10.4. The molecule has 0 radical (unpaired) electrons. The van der Waals surface area contributed by atoms with E-state index in [0.29, 0.717) is 5.75 Å². The molecule has 1 heterocycles. The Morgan fingerprint density at radius 2 is 1.64 bits per heavy atom. The third-order valence-electron chi connectivity index (χ3n) is 4.79. The van der Waals surface area contributed by atoms with Gasteiger partial charge in [0.05, 0.1) is 6.10 Å². The molecule has 6 heteroatoms. The summed E-state index contributed by atoms with van der Waals surface area (Å²) in [7, 11) is 0. The molecule has 148 valence electrons. The van der Waals surface area contributed by atoms with Crippen molar-refractivity contribution in [3.05, 3.63) is 64.5 Å². The second-order valence-electron chi connectivity index (χ2n) is 7.13. The monoisotopic (exact) mass is 397 g/mol. The van der Waals surface area contributed by atoms with Crippen LogP contribution in [0.3, 0.4) is 0 Å². The Morgan fingerprint density at radius 3 is 2.36 bits per heavy atom. The van der Waals surface area contributed by atoms with Gasteiger partial charge in [-0.3, -0.25) is 4.57 Å². The molecule has 1 N–H and O–H groups in total. The van der Waals surface area contributed by atoms with Crippen LogP contribution in [0.1, 0.15) is 28.1 Å². The molecule has 0 aliphatic rings. The molecule has 0 spiro atoms. The van der Waals surface area contributed by atoms with Crippen LogP contribution in [0.25, 0.3) is 5.69 Å². The highest BCUT2D eigenvalue weighted by Crippen LogP contribution is 2.27. The quantitative estimate of drug-likeness (QED) is 0.601. The summed E-state index contributed by atoms with van der Waals surface area (Å²) in [6.45, 7) is 10.4. The predicted octanol–water partition coefficient (Wildman–Crippen LogP) is 4.34. The zero-order valence-corrected chi connectivity index (χ0v) is 17.9. The summed E-state index contributed by atoms with van der Waals surface area (Å²) in [6, 6.07) is 12.4. The van der Waals surface area contributed by atoms with E-state index < -0.39 is 6.10 Å². The Balaban J connectivity index is 1.64. The van der Waals surface area contributed by atoms with Gasteiger partial charge < -0.3 is 9.84 Å². The Bertz CT molecular complexity index is 951. The Morgan fingerprint density at radius 1 is 0.964 bits per heavy atom. The first-order valence-electron chi connectivity index (χ1n) is 9.36. The fourth-order valence-electron chi connectivity index (χ4n) is 2.97. The number of hydrogen-bond donors (Lipinski definition) is 1. The number of aliphatic hydroxyl groups excluding tert-OH is 1. The largest absolute Gasteiger partial charge is 0.490 e. The SMILES string of the molecule is Cc1ccc(-n2c(C)nnc2SC[C@@H](O)COc2c(C)ccc(C)c2C)cc1. The second kappa shape index (κ2) is 8.80. The van der Waals surface area contributed by atoms with Crippen LogP contribution < -0.4 is 4.74 Å². The number of aryl methyl sites for hydroxylation is 4. The average Bonchev–Trinajstić information content (AvgIpc) is 3.04. The van der Waals surface area contributed by atoms with E-state index in [1.54, 1.807) is 0 Å². The summed E-state index contributed by atoms with van der Waals surface area (Å²) in [6.07, 6.45) is -0.604. The van der Waals surface area contributed by atoms with Crippen LogP contribution in [0.15, 0.2) is 41.6 Å². The lowest BCUT2D eigenvalue weighted by atomic mass is 10.1. The first kappa shape index (κ1) is 20.4. The number of nitrogens with zero attached hydrogens (tertiary/aromatic N) is 3. The van der Waals surface area contributed by atoms with Gasteiger partial charge in [0.15, 0.2) is 5.16 Å². The molecule has 3 rings (SSSR count). The molecule has 2 aromatic carbocycles. The van der Waals surface area contributed by atoms with Crippen molar-refractivity contribution < 1.29 is 9.84 Å². The highest BCUT2D eigenvalue weighted by molar-refractivity contribution is 7.99. The third kappa shape index (κ3) is 4.56. The van der Waals surface area contributed by atoms with Gasteiger partial charge in [-0.2, -0.15) is 0 Å². The minimum atomic E-state index is -0.604. The lowest BCUT2D eigenvalue weighted by molar-refractivity contribution is 0.125. The molecule has 0 saturated carbocycles. The van der Waals surface area contributed by atoms with Crippen molar-refractivity contribution in [2.75, 3.05) is 12.4 Å². The van der Waals surface area contributed by atoms with Crippen molar-refractivity contribution in [3.63, 3.8) is 0 Å². The topological polar surface area (TPSA) is 60.2 Å². The van der Waals surface area contributed by atoms with Gasteiger partial charge in [-0.1, -0.05) is 41.6 Å². The fraction of sp³-hybridized carbons (Fsp3) is 0.364. The van der Waals surface area contributed by atoms with Gasteiger partial charge in [0.1, 0.15) is 18.2 Å². The number of hydrogen-bond acceptors (Lipinski definition) is 5. The van der Waals surface area contributed by atoms with Gasteiger partial charge in [0, 0.05) is 11.4 Å². The molecule has 0 aliphatic carbocycles. The highest BCUT2D eigenvalue weighted by atomic mass is 32.2. The molecule has 1 aromatic heterocycles. The fourth-order valence-corrected chi connectivity index (χ4v) is 3.88. The Labute approximate surface area is 170 Å². The van der Waals surface area contributed by atoms with E-state index >= 15 is 0 Å². The minimum absolute atomic E-state index is 0.246. The summed E-state index contributed by atoms with van der Waals surface area (Å²) in [5.74, 6) is 2.17. The van der Waals surface area contributed by atoms with E-state index in [9.17, 15) is 5.11 Å². The smallest absolute Gasteiger partial charge is 0.195 e. The van der Waals surface area contributed by atoms with Crippen LogP contribution in [0.5, 0.6) is 5.75 Å². The number of thioether (sulfide) groups is 1. The summed E-state index contributed by atoms with van der Waals surface area (Å²) in [4.78, 5) is 0. The van der Waals surface area contributed by atoms with E-state index in [4.69, 9.17) is 4.74 Å². The van der Waals surface area contributed by atoms with Crippen molar-refractivity contribution in [1.29, 1.82) is 0 Å². The predicted molar refractivity (Wildman–Crippen MR) is 114 cm³/mol. The molecule has 3 aromatic rings. The van der Waals surface area contributed by atoms with E-state index in [-0.39, 0.29) is 6.61 Å². The van der Waals surface area contributed by atoms with Crippen molar-refractivity contribution in [1.82, 2.24) is 14.8 Å². The van der Waals surface area contributed by atoms with E-state index in [1.165, 1.54) is 22.9 Å². The number of benzene rings is 2. The van der Waals surface area contributed by atoms with E-state index in [0.717, 1.165) is 33.5 Å². The van der Waals surface area contributed by atoms with Crippen LogP contribution in [0, 0.1) is 34.6 Å². The van der Waals surface area contributed by atoms with Gasteiger partial charge in [-0.25, -0.2) is 0 Å². The summed E-state index contributed by atoms with van der Waals surface area (Å²) >= 11 is 1.48. The number of ether oxygens (including phenoxy) is 1. The molecule has 5 nitrogen and oxygen atoms in total. The van der Waals surface area contributed by atoms with Crippen LogP contribution in [-0.4, -0.2) is 38.3 Å². The lowest BCUT2D eigenvalue weighted by Gasteiger charge is -2.17. The second-order valence-corrected chi connectivity index (χ2v) is 8.12. The molecule has 0 fully saturated rings. The van der Waals surface area contributed by atoms with Gasteiger partial charge in [-0.05, 0) is 63.4 Å². The first-order valence-corrected chi connectivity index (χ1v) is 10.3. The van der Waals surface area contributed by atoms with Crippen LogP contribution in [0.4, 0.5) is 0 Å². The van der Waals surface area contributed by atoms with E-state index in [1.807, 2.05) is 31.4 Å². The average molecular weight is 398 g/mol. The lowest BCUT2D eigenvalue weighted by Crippen LogP contribution is -2.21. The molecule has 0 aliphatic heterocycles. The molecular weight excluding hydrogens is 370 g/mol. The summed E-state index contributed by atoms with van der Waals surface area (Å²) < 4.78 is 7.93. The van der Waals surface area contributed by atoms with Crippen molar-refractivity contribution in [2.24, 2.45) is 0 Å². The normalized spacial score (nSPS) is 12.2. The van der Waals surface area contributed by atoms with Gasteiger partial charge in [0.25, 0.3) is 0 Å². The Kier molecular flexibility index (Phi) is 6.42. The number of aromatic nitrogens is 3. The molecule has 1 atom stereocenters. The zero-order chi connectivity index (χ0) is 20.3. The van der Waals surface area contributed by atoms with Gasteiger partial charge in [0.2, 0.25) is 0 Å². The molecule has 0 amide bonds. The molecule has 0 bridgehead atoms. The number of rotatable bonds is 7. The van der Waals surface area contributed by atoms with Crippen molar-refractivity contribution in [2.45, 2.75) is 45.9 Å². The molecular formula is C22H27N3O2S. The van der Waals surface area contributed by atoms with E-state index in [2.05, 4.69) is 54.4 Å². The van der Waals surface area contributed by atoms with Crippen LogP contribution >= 0.6 is 11.8 Å². The van der Waals surface area contributed by atoms with Crippen LogP contribution in [-0.2, 0) is 0 Å². The highest BCUT2D eigenvalue weighted by Gasteiger charge is 2.15. The van der Waals surface area contributed by atoms with Crippen LogP contribution in [0.2, 0.25) is 0 Å². The van der Waals surface area contributed by atoms with Gasteiger partial charge in [-0.15, -0.1) is 10.2 Å². The van der Waals surface area contributed by atoms with Crippen molar-refractivity contribution >= 4 is 11.8 Å².